The highest BCUT2D eigenvalue weighted by atomic mass is 35.5. The Balaban J connectivity index is 1.54. The van der Waals surface area contributed by atoms with Crippen LogP contribution in [0.4, 0.5) is 4.39 Å². The number of benzene rings is 2. The predicted octanol–water partition coefficient (Wildman–Crippen LogP) is 4.18. The Labute approximate surface area is 163 Å². The van der Waals surface area contributed by atoms with E-state index in [2.05, 4.69) is 29.2 Å². The Morgan fingerprint density at radius 1 is 1.04 bits per heavy atom. The highest BCUT2D eigenvalue weighted by Crippen LogP contribution is 2.47. The molecule has 6 rings (SSSR count). The molecule has 0 saturated carbocycles. The molecule has 2 aromatic rings. The van der Waals surface area contributed by atoms with Crippen molar-refractivity contribution < 1.29 is 9.18 Å². The van der Waals surface area contributed by atoms with E-state index < -0.39 is 5.82 Å². The number of hydrogen-bond donors (Lipinski definition) is 0. The van der Waals surface area contributed by atoms with Crippen molar-refractivity contribution >= 4 is 17.5 Å². The number of halogens is 2. The molecular formula is C22H22ClFN2O. The van der Waals surface area contributed by atoms with Gasteiger partial charge in [0.1, 0.15) is 5.82 Å². The Kier molecular flexibility index (Phi) is 4.21. The largest absolute Gasteiger partial charge is 0.333 e. The average Bonchev–Trinajstić information content (AvgIpc) is 3.14. The van der Waals surface area contributed by atoms with Crippen LogP contribution < -0.4 is 0 Å². The van der Waals surface area contributed by atoms with Gasteiger partial charge in [-0.05, 0) is 55.6 Å². The van der Waals surface area contributed by atoms with Crippen LogP contribution in [0.15, 0.2) is 48.5 Å². The molecule has 140 valence electrons. The first-order valence-corrected chi connectivity index (χ1v) is 10.1. The molecule has 4 heterocycles. The van der Waals surface area contributed by atoms with Gasteiger partial charge in [-0.2, -0.15) is 0 Å². The van der Waals surface area contributed by atoms with E-state index in [4.69, 9.17) is 11.6 Å². The molecule has 5 heteroatoms. The van der Waals surface area contributed by atoms with Crippen LogP contribution in [-0.2, 0) is 0 Å². The number of carbonyl (C=O) groups is 1. The normalized spacial score (nSPS) is 31.8. The van der Waals surface area contributed by atoms with Crippen molar-refractivity contribution in [1.29, 1.82) is 0 Å². The Morgan fingerprint density at radius 2 is 1.78 bits per heavy atom. The summed E-state index contributed by atoms with van der Waals surface area (Å²) in [7, 11) is 0. The minimum Gasteiger partial charge on any atom is -0.333 e. The van der Waals surface area contributed by atoms with E-state index in [9.17, 15) is 9.18 Å². The van der Waals surface area contributed by atoms with Crippen LogP contribution in [0.2, 0.25) is 5.02 Å². The van der Waals surface area contributed by atoms with Gasteiger partial charge in [0.05, 0.1) is 11.6 Å². The van der Waals surface area contributed by atoms with E-state index in [1.807, 2.05) is 11.0 Å². The molecule has 2 bridgehead atoms. The molecule has 4 aliphatic rings. The molecule has 1 amide bonds. The quantitative estimate of drug-likeness (QED) is 0.775. The van der Waals surface area contributed by atoms with E-state index in [1.165, 1.54) is 23.8 Å². The smallest absolute Gasteiger partial charge is 0.257 e. The van der Waals surface area contributed by atoms with Gasteiger partial charge in [0.2, 0.25) is 0 Å². The Bertz CT molecular complexity index is 866. The van der Waals surface area contributed by atoms with Crippen LogP contribution in [0, 0.1) is 11.7 Å². The van der Waals surface area contributed by atoms with E-state index in [-0.39, 0.29) is 23.4 Å². The van der Waals surface area contributed by atoms with Crippen molar-refractivity contribution in [3.8, 4) is 0 Å². The number of nitrogens with zero attached hydrogens (tertiary/aromatic N) is 2. The molecule has 0 aromatic heterocycles. The molecular weight excluding hydrogens is 363 g/mol. The molecule has 4 aliphatic heterocycles. The summed E-state index contributed by atoms with van der Waals surface area (Å²) in [6.45, 7) is 2.84. The molecule has 4 fully saturated rings. The molecule has 0 unspecified atom stereocenters. The molecule has 3 nitrogen and oxygen atoms in total. The molecule has 0 aliphatic carbocycles. The fraction of sp³-hybridized carbons (Fsp3) is 0.409. The van der Waals surface area contributed by atoms with Crippen LogP contribution in [-0.4, -0.2) is 47.4 Å². The summed E-state index contributed by atoms with van der Waals surface area (Å²) in [5, 5.41) is 0.393. The number of fused-ring (bicyclic) bond motifs is 2. The molecule has 27 heavy (non-hydrogen) atoms. The maximum atomic E-state index is 14.4. The van der Waals surface area contributed by atoms with Gasteiger partial charge >= 0.3 is 0 Å². The predicted molar refractivity (Wildman–Crippen MR) is 104 cm³/mol. The van der Waals surface area contributed by atoms with Crippen LogP contribution >= 0.6 is 11.6 Å². The van der Waals surface area contributed by atoms with Crippen molar-refractivity contribution in [2.75, 3.05) is 19.6 Å². The summed E-state index contributed by atoms with van der Waals surface area (Å²) in [6.07, 6.45) is 2.23. The van der Waals surface area contributed by atoms with E-state index in [1.54, 1.807) is 0 Å². The maximum absolute atomic E-state index is 14.4. The summed E-state index contributed by atoms with van der Waals surface area (Å²) in [5.41, 5.74) is 1.35. The minimum absolute atomic E-state index is 0.0893. The van der Waals surface area contributed by atoms with E-state index in [0.29, 0.717) is 23.5 Å². The second kappa shape index (κ2) is 6.61. The van der Waals surface area contributed by atoms with Crippen LogP contribution in [0.25, 0.3) is 0 Å². The highest BCUT2D eigenvalue weighted by Gasteiger charge is 2.54. The van der Waals surface area contributed by atoms with Gasteiger partial charge in [-0.3, -0.25) is 9.69 Å². The first-order valence-electron chi connectivity index (χ1n) is 9.68. The summed E-state index contributed by atoms with van der Waals surface area (Å²) in [4.78, 5) is 17.8. The second-order valence-corrected chi connectivity index (χ2v) is 8.39. The summed E-state index contributed by atoms with van der Waals surface area (Å²) in [6, 6.07) is 15.2. The number of amides is 1. The molecule has 0 spiro atoms. The summed E-state index contributed by atoms with van der Waals surface area (Å²) < 4.78 is 14.4. The standard InChI is InChI=1S/C22H22ClFN2O/c23-16-6-7-19(24)17(12-16)22(27)26-13-18(14-4-2-1-3-5-14)21-20(26)15-8-10-25(21)11-9-15/h1-7,12,15,18,20-21H,8-11,13H2/t18-,20+,21+/m1/s1. The third kappa shape index (κ3) is 2.77. The number of hydrogen-bond acceptors (Lipinski definition) is 2. The Morgan fingerprint density at radius 3 is 2.52 bits per heavy atom. The van der Waals surface area contributed by atoms with Crippen molar-refractivity contribution in [2.45, 2.75) is 30.8 Å². The molecule has 4 saturated heterocycles. The third-order valence-corrected chi connectivity index (χ3v) is 6.88. The number of piperidine rings is 3. The average molecular weight is 385 g/mol. The maximum Gasteiger partial charge on any atom is 0.257 e. The fourth-order valence-electron chi connectivity index (χ4n) is 5.46. The number of likely N-dealkylation sites (tertiary alicyclic amines) is 1. The lowest BCUT2D eigenvalue weighted by Crippen LogP contribution is -2.60. The van der Waals surface area contributed by atoms with Gasteiger partial charge in [-0.15, -0.1) is 0 Å². The highest BCUT2D eigenvalue weighted by molar-refractivity contribution is 6.31. The van der Waals surface area contributed by atoms with Gasteiger partial charge in [-0.1, -0.05) is 41.9 Å². The van der Waals surface area contributed by atoms with Gasteiger partial charge < -0.3 is 4.90 Å². The topological polar surface area (TPSA) is 23.6 Å². The summed E-state index contributed by atoms with van der Waals surface area (Å²) >= 11 is 6.05. The Hall–Kier alpha value is -1.91. The SMILES string of the molecule is O=C(c1cc(Cl)ccc1F)N1C[C@H](c2ccccc2)[C@H]2[C@@H]1C1CCN2CC1. The second-order valence-electron chi connectivity index (χ2n) is 7.95. The van der Waals surface area contributed by atoms with Crippen LogP contribution in [0.3, 0.4) is 0 Å². The van der Waals surface area contributed by atoms with E-state index >= 15 is 0 Å². The third-order valence-electron chi connectivity index (χ3n) is 6.64. The van der Waals surface area contributed by atoms with Gasteiger partial charge in [-0.25, -0.2) is 4.39 Å². The molecule has 0 N–H and O–H groups in total. The fourth-order valence-corrected chi connectivity index (χ4v) is 5.64. The van der Waals surface area contributed by atoms with Gasteiger partial charge in [0.25, 0.3) is 5.91 Å². The first-order chi connectivity index (χ1) is 13.1. The first kappa shape index (κ1) is 17.2. The molecule has 0 radical (unpaired) electrons. The van der Waals surface area contributed by atoms with Crippen molar-refractivity contribution in [1.82, 2.24) is 9.80 Å². The van der Waals surface area contributed by atoms with Crippen LogP contribution in [0.1, 0.15) is 34.7 Å². The zero-order valence-corrected chi connectivity index (χ0v) is 15.8. The lowest BCUT2D eigenvalue weighted by Gasteiger charge is -2.51. The minimum atomic E-state index is -0.495. The summed E-state index contributed by atoms with van der Waals surface area (Å²) in [5.74, 6) is 0.0490. The number of rotatable bonds is 2. The molecule has 2 aromatic carbocycles. The number of carbonyl (C=O) groups excluding carboxylic acids is 1. The van der Waals surface area contributed by atoms with Gasteiger partial charge in [0.15, 0.2) is 0 Å². The zero-order chi connectivity index (χ0) is 18.5. The van der Waals surface area contributed by atoms with Crippen molar-refractivity contribution in [3.05, 3.63) is 70.5 Å². The van der Waals surface area contributed by atoms with Crippen molar-refractivity contribution in [2.24, 2.45) is 5.92 Å². The lowest BCUT2D eigenvalue weighted by molar-refractivity contribution is -0.00353. The molecule has 3 atom stereocenters. The van der Waals surface area contributed by atoms with E-state index in [0.717, 1.165) is 25.9 Å². The van der Waals surface area contributed by atoms with Crippen LogP contribution in [0.5, 0.6) is 0 Å². The van der Waals surface area contributed by atoms with Gasteiger partial charge in [0, 0.05) is 23.5 Å². The monoisotopic (exact) mass is 384 g/mol. The van der Waals surface area contributed by atoms with Crippen molar-refractivity contribution in [3.63, 3.8) is 0 Å². The zero-order valence-electron chi connectivity index (χ0n) is 15.0. The lowest BCUT2D eigenvalue weighted by atomic mass is 9.75.